The molecule has 0 aromatic rings. The first-order chi connectivity index (χ1) is 11.1. The van der Waals surface area contributed by atoms with Crippen LogP contribution in [0.2, 0.25) is 0 Å². The summed E-state index contributed by atoms with van der Waals surface area (Å²) >= 11 is 0. The highest BCUT2D eigenvalue weighted by molar-refractivity contribution is 5.68. The van der Waals surface area contributed by atoms with Gasteiger partial charge in [0.25, 0.3) is 0 Å². The Hall–Kier alpha value is -2.20. The van der Waals surface area contributed by atoms with E-state index in [2.05, 4.69) is 0 Å². The summed E-state index contributed by atoms with van der Waals surface area (Å²) in [5.41, 5.74) is 0. The molecule has 0 aromatic carbocycles. The lowest BCUT2D eigenvalue weighted by molar-refractivity contribution is -0.296. The van der Waals surface area contributed by atoms with Crippen LogP contribution in [0.15, 0.2) is 0 Å². The highest BCUT2D eigenvalue weighted by Gasteiger charge is 2.51. The van der Waals surface area contributed by atoms with Crippen molar-refractivity contribution in [1.82, 2.24) is 0 Å². The number of ether oxygens (including phenoxy) is 5. The zero-order chi connectivity index (χ0) is 18.4. The summed E-state index contributed by atoms with van der Waals surface area (Å²) in [6, 6.07) is 0. The number of hydrogen-bond acceptors (Lipinski definition) is 10. The molecule has 1 heterocycles. The fraction of sp³-hybridized carbons (Fsp3) is 0.714. The second-order valence-electron chi connectivity index (χ2n) is 5.09. The maximum atomic E-state index is 11.3. The summed E-state index contributed by atoms with van der Waals surface area (Å²) < 4.78 is 25.0. The first kappa shape index (κ1) is 19.8. The molecule has 0 saturated carbocycles. The first-order valence-electron chi connectivity index (χ1n) is 7.10. The van der Waals surface area contributed by atoms with Crippen molar-refractivity contribution in [3.05, 3.63) is 0 Å². The van der Waals surface area contributed by atoms with Crippen molar-refractivity contribution in [3.63, 3.8) is 0 Å². The molecule has 0 radical (unpaired) electrons. The summed E-state index contributed by atoms with van der Waals surface area (Å²) in [5, 5.41) is 10.0. The van der Waals surface area contributed by atoms with Crippen LogP contribution in [-0.2, 0) is 42.9 Å². The van der Waals surface area contributed by atoms with Gasteiger partial charge in [-0.2, -0.15) is 0 Å². The van der Waals surface area contributed by atoms with Gasteiger partial charge in [0.05, 0.1) is 0 Å². The monoisotopic (exact) mass is 348 g/mol. The highest BCUT2D eigenvalue weighted by Crippen LogP contribution is 2.28. The van der Waals surface area contributed by atoms with E-state index in [1.54, 1.807) is 0 Å². The molecule has 1 rings (SSSR count). The van der Waals surface area contributed by atoms with Crippen LogP contribution in [0, 0.1) is 0 Å². The minimum atomic E-state index is -1.68. The molecule has 0 aromatic heterocycles. The highest BCUT2D eigenvalue weighted by atomic mass is 16.7. The molecule has 0 spiro atoms. The third-order valence-corrected chi connectivity index (χ3v) is 2.97. The van der Waals surface area contributed by atoms with Gasteiger partial charge < -0.3 is 28.8 Å². The maximum Gasteiger partial charge on any atom is 0.303 e. The van der Waals surface area contributed by atoms with Crippen molar-refractivity contribution >= 4 is 23.9 Å². The Morgan fingerprint density at radius 1 is 0.792 bits per heavy atom. The minimum absolute atomic E-state index is 0.366. The fourth-order valence-corrected chi connectivity index (χ4v) is 2.21. The van der Waals surface area contributed by atoms with Crippen molar-refractivity contribution in [3.8, 4) is 0 Å². The van der Waals surface area contributed by atoms with Gasteiger partial charge in [0.2, 0.25) is 0 Å². The van der Waals surface area contributed by atoms with Gasteiger partial charge in [0.15, 0.2) is 24.6 Å². The van der Waals surface area contributed by atoms with E-state index in [9.17, 15) is 24.3 Å². The zero-order valence-corrected chi connectivity index (χ0v) is 13.7. The summed E-state index contributed by atoms with van der Waals surface area (Å²) in [4.78, 5) is 44.9. The lowest BCUT2D eigenvalue weighted by Gasteiger charge is -2.42. The maximum absolute atomic E-state index is 11.3. The molecule has 5 atom stereocenters. The molecular weight excluding hydrogens is 328 g/mol. The minimum Gasteiger partial charge on any atom is -0.463 e. The van der Waals surface area contributed by atoms with Gasteiger partial charge in [-0.25, -0.2) is 0 Å². The van der Waals surface area contributed by atoms with Crippen LogP contribution in [0.4, 0.5) is 0 Å². The first-order valence-corrected chi connectivity index (χ1v) is 7.10. The van der Waals surface area contributed by atoms with Crippen molar-refractivity contribution in [2.75, 3.05) is 6.61 Å². The van der Waals surface area contributed by atoms with Gasteiger partial charge in [0.1, 0.15) is 12.7 Å². The van der Waals surface area contributed by atoms with E-state index in [1.807, 2.05) is 0 Å². The Bertz CT molecular complexity index is 502. The van der Waals surface area contributed by atoms with Crippen LogP contribution < -0.4 is 0 Å². The Balaban J connectivity index is 3.11. The summed E-state index contributed by atoms with van der Waals surface area (Å²) in [6.07, 6.45) is -6.79. The van der Waals surface area contributed by atoms with Crippen LogP contribution >= 0.6 is 0 Å². The Kier molecular flexibility index (Phi) is 7.11. The summed E-state index contributed by atoms with van der Waals surface area (Å²) in [7, 11) is 0. The largest absolute Gasteiger partial charge is 0.463 e. The predicted octanol–water partition coefficient (Wildman–Crippen LogP) is -0.938. The molecular formula is C14H20O10. The van der Waals surface area contributed by atoms with Crippen LogP contribution in [0.25, 0.3) is 0 Å². The third kappa shape index (κ3) is 5.78. The number of carbonyl (C=O) groups is 4. The number of rotatable bonds is 5. The van der Waals surface area contributed by atoms with E-state index in [-0.39, 0.29) is 6.61 Å². The number of esters is 4. The van der Waals surface area contributed by atoms with Crippen molar-refractivity contribution in [2.24, 2.45) is 0 Å². The zero-order valence-electron chi connectivity index (χ0n) is 13.7. The molecule has 0 aliphatic carbocycles. The molecule has 24 heavy (non-hydrogen) atoms. The average Bonchev–Trinajstić information content (AvgIpc) is 2.42. The molecule has 1 unspecified atom stereocenters. The van der Waals surface area contributed by atoms with E-state index in [4.69, 9.17) is 23.7 Å². The van der Waals surface area contributed by atoms with Crippen LogP contribution in [0.5, 0.6) is 0 Å². The fourth-order valence-electron chi connectivity index (χ4n) is 2.21. The third-order valence-electron chi connectivity index (χ3n) is 2.97. The number of hydrogen-bond donors (Lipinski definition) is 1. The van der Waals surface area contributed by atoms with Crippen LogP contribution in [0.1, 0.15) is 27.7 Å². The molecule has 0 bridgehead atoms. The van der Waals surface area contributed by atoms with Gasteiger partial charge in [-0.15, -0.1) is 0 Å². The van der Waals surface area contributed by atoms with Crippen molar-refractivity contribution in [2.45, 2.75) is 58.4 Å². The molecule has 1 N–H and O–H groups in total. The molecule has 1 fully saturated rings. The quantitative estimate of drug-likeness (QED) is 0.490. The van der Waals surface area contributed by atoms with E-state index in [0.717, 1.165) is 27.7 Å². The van der Waals surface area contributed by atoms with Gasteiger partial charge in [-0.3, -0.25) is 19.2 Å². The van der Waals surface area contributed by atoms with Crippen molar-refractivity contribution in [1.29, 1.82) is 0 Å². The van der Waals surface area contributed by atoms with Crippen LogP contribution in [0.3, 0.4) is 0 Å². The topological polar surface area (TPSA) is 135 Å². The van der Waals surface area contributed by atoms with Crippen LogP contribution in [-0.4, -0.2) is 66.3 Å². The summed E-state index contributed by atoms with van der Waals surface area (Å²) in [5.74, 6) is -2.87. The Morgan fingerprint density at radius 2 is 1.25 bits per heavy atom. The van der Waals surface area contributed by atoms with Gasteiger partial charge in [-0.1, -0.05) is 0 Å². The van der Waals surface area contributed by atoms with Crippen molar-refractivity contribution < 1.29 is 48.0 Å². The average molecular weight is 348 g/mol. The Labute approximate surface area is 137 Å². The lowest BCUT2D eigenvalue weighted by Crippen LogP contribution is -2.62. The molecule has 1 aliphatic rings. The second kappa shape index (κ2) is 8.60. The van der Waals surface area contributed by atoms with E-state index >= 15 is 0 Å². The number of carbonyl (C=O) groups excluding carboxylic acids is 4. The van der Waals surface area contributed by atoms with E-state index < -0.39 is 54.6 Å². The SMILES string of the molecule is CC(=O)OCC1O[C@@H](O)[C@H](OC(C)=O)[C@@H](OC(C)=O)[C@H]1OC(C)=O. The number of aliphatic hydroxyl groups is 1. The lowest BCUT2D eigenvalue weighted by atomic mass is 9.98. The molecule has 136 valence electrons. The molecule has 1 aliphatic heterocycles. The Morgan fingerprint density at radius 3 is 1.71 bits per heavy atom. The normalized spacial score (nSPS) is 29.3. The molecule has 10 heteroatoms. The molecule has 1 saturated heterocycles. The predicted molar refractivity (Wildman–Crippen MR) is 74.2 cm³/mol. The van der Waals surface area contributed by atoms with Gasteiger partial charge in [-0.05, 0) is 0 Å². The van der Waals surface area contributed by atoms with E-state index in [0.29, 0.717) is 0 Å². The molecule has 10 nitrogen and oxygen atoms in total. The number of aliphatic hydroxyl groups excluding tert-OH is 1. The van der Waals surface area contributed by atoms with Gasteiger partial charge in [0, 0.05) is 27.7 Å². The summed E-state index contributed by atoms with van der Waals surface area (Å²) in [6.45, 7) is 4.09. The standard InChI is InChI=1S/C14H20O10/c1-6(15)20-5-10-11(21-7(2)16)12(22-8(3)17)13(14(19)24-10)23-9(4)18/h10-14,19H,5H2,1-4H3/t10?,11-,12-,13+,14+/m0/s1. The smallest absolute Gasteiger partial charge is 0.303 e. The van der Waals surface area contributed by atoms with Gasteiger partial charge >= 0.3 is 23.9 Å². The molecule has 0 amide bonds. The second-order valence-corrected chi connectivity index (χ2v) is 5.09. The van der Waals surface area contributed by atoms with E-state index in [1.165, 1.54) is 0 Å².